The highest BCUT2D eigenvalue weighted by Gasteiger charge is 2.25. The van der Waals surface area contributed by atoms with Gasteiger partial charge in [0.05, 0.1) is 17.8 Å². The summed E-state index contributed by atoms with van der Waals surface area (Å²) >= 11 is 10.0. The van der Waals surface area contributed by atoms with Gasteiger partial charge in [0.2, 0.25) is 11.8 Å². The maximum Gasteiger partial charge on any atom is 0.326 e. The lowest BCUT2D eigenvalue weighted by molar-refractivity contribution is -0.142. The van der Waals surface area contributed by atoms with E-state index < -0.39 is 35.9 Å². The third-order valence-electron chi connectivity index (χ3n) is 4.25. The van der Waals surface area contributed by atoms with Gasteiger partial charge in [-0.25, -0.2) is 4.79 Å². The standard InChI is InChI=1S/C18H28N6O4.C3H4Cl2O/c1-11(23-16(26)13(19)10-12-6-3-2-4-7-12)15(25)24-14(17(27)28)8-5-9-22-18(20)21;4-1-3(6)2-5/h2-4,6-7,11,13-14H,5,8-10,19H2,1H3,(H,23,26)(H,24,25)(H,27,28)(H4,20,21,22);1-2H2. The first kappa shape index (κ1) is 31.1. The predicted molar refractivity (Wildman–Crippen MR) is 132 cm³/mol. The molecule has 34 heavy (non-hydrogen) atoms. The summed E-state index contributed by atoms with van der Waals surface area (Å²) in [6.45, 7) is 1.71. The Labute approximate surface area is 208 Å². The zero-order chi connectivity index (χ0) is 26.1. The molecule has 3 atom stereocenters. The lowest BCUT2D eigenvalue weighted by Gasteiger charge is -2.20. The Bertz CT molecular complexity index is 815. The van der Waals surface area contributed by atoms with Gasteiger partial charge in [0.1, 0.15) is 12.1 Å². The monoisotopic (exact) mass is 518 g/mol. The highest BCUT2D eigenvalue weighted by molar-refractivity contribution is 6.35. The fourth-order valence-electron chi connectivity index (χ4n) is 2.44. The predicted octanol–water partition coefficient (Wildman–Crippen LogP) is -0.283. The zero-order valence-corrected chi connectivity index (χ0v) is 20.4. The lowest BCUT2D eigenvalue weighted by Crippen LogP contribution is -2.53. The summed E-state index contributed by atoms with van der Waals surface area (Å²) in [4.78, 5) is 49.4. The lowest BCUT2D eigenvalue weighted by atomic mass is 10.1. The average molecular weight is 519 g/mol. The van der Waals surface area contributed by atoms with Gasteiger partial charge >= 0.3 is 5.97 Å². The molecule has 0 spiro atoms. The first-order valence-electron chi connectivity index (χ1n) is 10.3. The Kier molecular flexibility index (Phi) is 16.1. The van der Waals surface area contributed by atoms with Crippen molar-refractivity contribution in [2.45, 2.75) is 44.3 Å². The number of carbonyl (C=O) groups is 4. The third-order valence-corrected chi connectivity index (χ3v) is 4.84. The molecule has 0 radical (unpaired) electrons. The van der Waals surface area contributed by atoms with Crippen LogP contribution in [0.5, 0.6) is 0 Å². The first-order valence-corrected chi connectivity index (χ1v) is 11.4. The minimum absolute atomic E-state index is 0.0312. The normalized spacial score (nSPS) is 12.7. The average Bonchev–Trinajstić information content (AvgIpc) is 2.80. The van der Waals surface area contributed by atoms with Crippen LogP contribution in [0.1, 0.15) is 25.3 Å². The van der Waals surface area contributed by atoms with Crippen molar-refractivity contribution in [3.8, 4) is 0 Å². The summed E-state index contributed by atoms with van der Waals surface area (Å²) in [6, 6.07) is 6.37. The van der Waals surface area contributed by atoms with Gasteiger partial charge in [-0.1, -0.05) is 30.3 Å². The number of nitrogens with zero attached hydrogens (tertiary/aromatic N) is 1. The number of amides is 2. The largest absolute Gasteiger partial charge is 0.480 e. The van der Waals surface area contributed by atoms with E-state index >= 15 is 0 Å². The van der Waals surface area contributed by atoms with Crippen LogP contribution in [0.25, 0.3) is 0 Å². The van der Waals surface area contributed by atoms with E-state index in [1.54, 1.807) is 0 Å². The van der Waals surface area contributed by atoms with Crippen LogP contribution in [0.2, 0.25) is 0 Å². The van der Waals surface area contributed by atoms with E-state index in [1.165, 1.54) is 6.92 Å². The number of aliphatic imine (C=N–C) groups is 1. The number of rotatable bonds is 13. The van der Waals surface area contributed by atoms with Gasteiger partial charge in [-0.2, -0.15) is 0 Å². The molecule has 0 fully saturated rings. The maximum atomic E-state index is 12.2. The second-order valence-electron chi connectivity index (χ2n) is 7.18. The number of Topliss-reactive ketones (excluding diaryl/α,β-unsaturated/α-hetero) is 1. The van der Waals surface area contributed by atoms with Crippen molar-refractivity contribution >= 4 is 52.7 Å². The van der Waals surface area contributed by atoms with Crippen molar-refractivity contribution in [3.63, 3.8) is 0 Å². The summed E-state index contributed by atoms with van der Waals surface area (Å²) in [7, 11) is 0. The molecule has 3 unspecified atom stereocenters. The second kappa shape index (κ2) is 17.6. The number of benzene rings is 1. The van der Waals surface area contributed by atoms with Crippen LogP contribution in [0, 0.1) is 0 Å². The molecule has 0 bridgehead atoms. The van der Waals surface area contributed by atoms with Crippen molar-refractivity contribution < 1.29 is 24.3 Å². The van der Waals surface area contributed by atoms with E-state index in [4.69, 9.17) is 40.4 Å². The van der Waals surface area contributed by atoms with Crippen molar-refractivity contribution in [2.24, 2.45) is 22.2 Å². The maximum absolute atomic E-state index is 12.2. The van der Waals surface area contributed by atoms with E-state index in [0.29, 0.717) is 12.8 Å². The SMILES string of the molecule is CC(NC(=O)C(N)Cc1ccccc1)C(=O)NC(CCCN=C(N)N)C(=O)O.O=C(CCl)CCl. The molecule has 1 aromatic carbocycles. The Morgan fingerprint density at radius 2 is 1.62 bits per heavy atom. The molecule has 190 valence electrons. The molecule has 0 saturated carbocycles. The number of aliphatic carboxylic acids is 1. The molecule has 0 heterocycles. The molecule has 11 nitrogen and oxygen atoms in total. The summed E-state index contributed by atoms with van der Waals surface area (Å²) in [5, 5.41) is 14.1. The van der Waals surface area contributed by atoms with Crippen LogP contribution in [0.4, 0.5) is 0 Å². The van der Waals surface area contributed by atoms with Crippen LogP contribution in [0.3, 0.4) is 0 Å². The fraction of sp³-hybridized carbons (Fsp3) is 0.476. The van der Waals surface area contributed by atoms with Crippen molar-refractivity contribution in [2.75, 3.05) is 18.3 Å². The number of nitrogens with one attached hydrogen (secondary N) is 2. The number of nitrogens with two attached hydrogens (primary N) is 3. The Morgan fingerprint density at radius 1 is 1.03 bits per heavy atom. The number of halogens is 2. The number of carboxylic acids is 1. The first-order chi connectivity index (χ1) is 16.0. The van der Waals surface area contributed by atoms with Crippen LogP contribution in [0.15, 0.2) is 35.3 Å². The van der Waals surface area contributed by atoms with Crippen LogP contribution >= 0.6 is 23.2 Å². The molecule has 1 rings (SSSR count). The van der Waals surface area contributed by atoms with Gasteiger partial charge in [0.25, 0.3) is 0 Å². The van der Waals surface area contributed by atoms with Crippen LogP contribution in [-0.2, 0) is 25.6 Å². The van der Waals surface area contributed by atoms with E-state index in [-0.39, 0.29) is 36.5 Å². The van der Waals surface area contributed by atoms with Gasteiger partial charge in [-0.15, -0.1) is 23.2 Å². The molecule has 9 N–H and O–H groups in total. The van der Waals surface area contributed by atoms with Crippen LogP contribution in [-0.4, -0.2) is 71.1 Å². The number of hydrogen-bond donors (Lipinski definition) is 6. The molecule has 0 aromatic heterocycles. The van der Waals surface area contributed by atoms with Crippen molar-refractivity contribution in [1.29, 1.82) is 0 Å². The van der Waals surface area contributed by atoms with Gasteiger partial charge in [0, 0.05) is 6.54 Å². The van der Waals surface area contributed by atoms with Gasteiger partial charge in [-0.05, 0) is 31.7 Å². The Balaban J connectivity index is 0.00000160. The molecule has 13 heteroatoms. The minimum atomic E-state index is -1.18. The van der Waals surface area contributed by atoms with Gasteiger partial charge in [0.15, 0.2) is 11.7 Å². The fourth-order valence-corrected chi connectivity index (χ4v) is 2.73. The van der Waals surface area contributed by atoms with E-state index in [0.717, 1.165) is 5.56 Å². The zero-order valence-electron chi connectivity index (χ0n) is 18.9. The number of hydrogen-bond acceptors (Lipinski definition) is 6. The molecular weight excluding hydrogens is 487 g/mol. The summed E-state index contributed by atoms with van der Waals surface area (Å²) in [5.74, 6) is -2.44. The molecule has 0 aliphatic rings. The number of ketones is 1. The van der Waals surface area contributed by atoms with E-state index in [9.17, 15) is 24.3 Å². The van der Waals surface area contributed by atoms with Gasteiger partial charge in [-0.3, -0.25) is 19.4 Å². The molecule has 0 saturated heterocycles. The Hall–Kier alpha value is -2.89. The third kappa shape index (κ3) is 14.3. The van der Waals surface area contributed by atoms with Gasteiger partial charge < -0.3 is 32.9 Å². The number of guanidine groups is 1. The molecular formula is C21H32Cl2N6O5. The quantitative estimate of drug-likeness (QED) is 0.0883. The second-order valence-corrected chi connectivity index (χ2v) is 7.72. The van der Waals surface area contributed by atoms with Crippen molar-refractivity contribution in [1.82, 2.24) is 10.6 Å². The highest BCUT2D eigenvalue weighted by Crippen LogP contribution is 2.03. The van der Waals surface area contributed by atoms with E-state index in [2.05, 4.69) is 15.6 Å². The Morgan fingerprint density at radius 3 is 2.09 bits per heavy atom. The smallest absolute Gasteiger partial charge is 0.326 e. The summed E-state index contributed by atoms with van der Waals surface area (Å²) in [5.41, 5.74) is 17.2. The number of carboxylic acid groups (broad SMARTS) is 1. The van der Waals surface area contributed by atoms with Crippen LogP contribution < -0.4 is 27.8 Å². The summed E-state index contributed by atoms with van der Waals surface area (Å²) in [6.07, 6.45) is 0.841. The highest BCUT2D eigenvalue weighted by atomic mass is 35.5. The minimum Gasteiger partial charge on any atom is -0.480 e. The number of alkyl halides is 2. The van der Waals surface area contributed by atoms with Crippen molar-refractivity contribution in [3.05, 3.63) is 35.9 Å². The molecule has 0 aliphatic heterocycles. The topological polar surface area (TPSA) is 203 Å². The molecule has 1 aromatic rings. The summed E-state index contributed by atoms with van der Waals surface area (Å²) < 4.78 is 0. The van der Waals surface area contributed by atoms with E-state index in [1.807, 2.05) is 30.3 Å². The number of carbonyl (C=O) groups excluding carboxylic acids is 3. The molecule has 0 aliphatic carbocycles. The molecule has 2 amide bonds.